The van der Waals surface area contributed by atoms with Gasteiger partial charge in [0.05, 0.1) is 11.0 Å². The highest BCUT2D eigenvalue weighted by Crippen LogP contribution is 2.38. The summed E-state index contributed by atoms with van der Waals surface area (Å²) in [4.78, 5) is 2.33. The van der Waals surface area contributed by atoms with Crippen molar-refractivity contribution in [3.05, 3.63) is 181 Å². The molecule has 7 aromatic carbocycles. The molecule has 2 heteroatoms. The molecule has 0 aliphatic rings. The van der Waals surface area contributed by atoms with E-state index >= 15 is 0 Å². The lowest BCUT2D eigenvalue weighted by molar-refractivity contribution is 1.18. The Morgan fingerprint density at radius 3 is 1.52 bits per heavy atom. The second-order valence-electron chi connectivity index (χ2n) is 12.1. The first-order valence-corrected chi connectivity index (χ1v) is 15.9. The molecule has 1 aromatic heterocycles. The van der Waals surface area contributed by atoms with E-state index in [4.69, 9.17) is 0 Å². The number of hydrogen-bond acceptors (Lipinski definition) is 1. The third-order valence-corrected chi connectivity index (χ3v) is 8.84. The second-order valence-corrected chi connectivity index (χ2v) is 12.1. The van der Waals surface area contributed by atoms with Gasteiger partial charge in [0, 0.05) is 33.5 Å². The van der Waals surface area contributed by atoms with Gasteiger partial charge in [0.1, 0.15) is 0 Å². The summed E-state index contributed by atoms with van der Waals surface area (Å²) in [6.07, 6.45) is 0. The van der Waals surface area contributed by atoms with Crippen molar-refractivity contribution in [3.63, 3.8) is 0 Å². The Balaban J connectivity index is 1.14. The summed E-state index contributed by atoms with van der Waals surface area (Å²) < 4.78 is 2.36. The van der Waals surface area contributed by atoms with Crippen LogP contribution in [0.4, 0.5) is 17.1 Å². The van der Waals surface area contributed by atoms with E-state index in [1.54, 1.807) is 0 Å². The van der Waals surface area contributed by atoms with E-state index in [0.29, 0.717) is 0 Å². The Labute approximate surface area is 270 Å². The zero-order valence-electron chi connectivity index (χ0n) is 26.1. The smallest absolute Gasteiger partial charge is 0.0541 e. The first-order chi connectivity index (χ1) is 22.6. The van der Waals surface area contributed by atoms with Gasteiger partial charge in [-0.25, -0.2) is 0 Å². The van der Waals surface area contributed by atoms with Gasteiger partial charge in [-0.3, -0.25) is 0 Å². The van der Waals surface area contributed by atoms with Gasteiger partial charge in [0.15, 0.2) is 0 Å². The molecular formula is C44H34N2. The molecule has 220 valence electrons. The van der Waals surface area contributed by atoms with E-state index < -0.39 is 0 Å². The largest absolute Gasteiger partial charge is 0.310 e. The van der Waals surface area contributed by atoms with Crippen molar-refractivity contribution in [2.75, 3.05) is 4.90 Å². The molecule has 0 saturated heterocycles. The van der Waals surface area contributed by atoms with Crippen molar-refractivity contribution in [2.24, 2.45) is 0 Å². The van der Waals surface area contributed by atoms with Crippen LogP contribution in [0, 0.1) is 13.8 Å². The second kappa shape index (κ2) is 11.6. The molecular weight excluding hydrogens is 556 g/mol. The summed E-state index contributed by atoms with van der Waals surface area (Å²) in [6.45, 7) is 4.33. The summed E-state index contributed by atoms with van der Waals surface area (Å²) in [7, 11) is 0. The molecule has 46 heavy (non-hydrogen) atoms. The lowest BCUT2D eigenvalue weighted by Crippen LogP contribution is -2.09. The van der Waals surface area contributed by atoms with Gasteiger partial charge >= 0.3 is 0 Å². The fourth-order valence-corrected chi connectivity index (χ4v) is 6.80. The molecule has 0 spiro atoms. The molecule has 0 aliphatic heterocycles. The van der Waals surface area contributed by atoms with Gasteiger partial charge in [0.25, 0.3) is 0 Å². The molecule has 0 saturated carbocycles. The number of benzene rings is 7. The average Bonchev–Trinajstić information content (AvgIpc) is 3.43. The van der Waals surface area contributed by atoms with Gasteiger partial charge in [-0.15, -0.1) is 0 Å². The maximum Gasteiger partial charge on any atom is 0.0541 e. The number of fused-ring (bicyclic) bond motifs is 3. The minimum Gasteiger partial charge on any atom is -0.310 e. The highest BCUT2D eigenvalue weighted by Gasteiger charge is 2.15. The van der Waals surface area contributed by atoms with Crippen LogP contribution in [0.1, 0.15) is 11.1 Å². The zero-order chi connectivity index (χ0) is 31.0. The van der Waals surface area contributed by atoms with E-state index in [1.165, 1.54) is 55.2 Å². The van der Waals surface area contributed by atoms with Crippen molar-refractivity contribution in [3.8, 4) is 27.9 Å². The molecule has 8 rings (SSSR count). The van der Waals surface area contributed by atoms with Crippen molar-refractivity contribution in [2.45, 2.75) is 13.8 Å². The number of nitrogens with zero attached hydrogens (tertiary/aromatic N) is 2. The van der Waals surface area contributed by atoms with Crippen LogP contribution in [-0.2, 0) is 0 Å². The first-order valence-electron chi connectivity index (χ1n) is 15.9. The minimum absolute atomic E-state index is 1.12. The Kier molecular flexibility index (Phi) is 6.96. The predicted molar refractivity (Wildman–Crippen MR) is 196 cm³/mol. The molecule has 0 bridgehead atoms. The minimum atomic E-state index is 1.12. The predicted octanol–water partition coefficient (Wildman–Crippen LogP) is 12.2. The van der Waals surface area contributed by atoms with E-state index in [-0.39, 0.29) is 0 Å². The quantitative estimate of drug-likeness (QED) is 0.187. The van der Waals surface area contributed by atoms with E-state index in [2.05, 4.69) is 193 Å². The number of hydrogen-bond donors (Lipinski definition) is 0. The fraction of sp³-hybridized carbons (Fsp3) is 0.0455. The molecule has 0 amide bonds. The van der Waals surface area contributed by atoms with Crippen LogP contribution < -0.4 is 4.90 Å². The third kappa shape index (κ3) is 5.04. The number of aromatic nitrogens is 1. The molecule has 0 unspecified atom stereocenters. The highest BCUT2D eigenvalue weighted by molar-refractivity contribution is 6.09. The van der Waals surface area contributed by atoms with Crippen LogP contribution in [0.15, 0.2) is 170 Å². The third-order valence-electron chi connectivity index (χ3n) is 8.84. The van der Waals surface area contributed by atoms with Gasteiger partial charge in [0.2, 0.25) is 0 Å². The summed E-state index contributed by atoms with van der Waals surface area (Å²) in [6, 6.07) is 61.4. The van der Waals surface area contributed by atoms with Crippen LogP contribution in [0.5, 0.6) is 0 Å². The molecule has 0 aliphatic carbocycles. The summed E-state index contributed by atoms with van der Waals surface area (Å²) >= 11 is 0. The van der Waals surface area contributed by atoms with Crippen LogP contribution in [0.25, 0.3) is 49.7 Å². The summed E-state index contributed by atoms with van der Waals surface area (Å²) in [5.74, 6) is 0. The van der Waals surface area contributed by atoms with Crippen molar-refractivity contribution >= 4 is 38.9 Å². The molecule has 0 N–H and O–H groups in total. The Bertz CT molecular complexity index is 2240. The summed E-state index contributed by atoms with van der Waals surface area (Å²) in [5, 5.41) is 2.56. The number of rotatable bonds is 6. The first kappa shape index (κ1) is 27.7. The average molecular weight is 591 g/mol. The highest BCUT2D eigenvalue weighted by atomic mass is 15.1. The van der Waals surface area contributed by atoms with Crippen LogP contribution in [0.3, 0.4) is 0 Å². The standard InChI is InChI=1S/C44H34N2/c1-31-27-32(2)29-36(28-31)35-11-10-14-40(30-35)45(37-12-4-3-5-13-37)38-23-19-33(20-24-38)34-21-25-39(26-22-34)46-43-17-8-6-15-41(43)42-16-7-9-18-44(42)46/h3-30H,1-2H3. The maximum atomic E-state index is 2.36. The van der Waals surface area contributed by atoms with Crippen LogP contribution in [-0.4, -0.2) is 4.57 Å². The molecule has 0 radical (unpaired) electrons. The molecule has 8 aromatic rings. The number of aryl methyl sites for hydroxylation is 2. The zero-order valence-corrected chi connectivity index (χ0v) is 26.1. The fourth-order valence-electron chi connectivity index (χ4n) is 6.80. The normalized spacial score (nSPS) is 11.3. The molecule has 1 heterocycles. The molecule has 2 nitrogen and oxygen atoms in total. The Hall–Kier alpha value is -5.86. The Morgan fingerprint density at radius 2 is 0.891 bits per heavy atom. The van der Waals surface area contributed by atoms with E-state index in [1.807, 2.05) is 0 Å². The topological polar surface area (TPSA) is 8.17 Å². The van der Waals surface area contributed by atoms with E-state index in [9.17, 15) is 0 Å². The van der Waals surface area contributed by atoms with Gasteiger partial charge in [-0.2, -0.15) is 0 Å². The van der Waals surface area contributed by atoms with E-state index in [0.717, 1.165) is 22.7 Å². The molecule has 0 atom stereocenters. The summed E-state index contributed by atoms with van der Waals surface area (Å²) in [5.41, 5.74) is 14.4. The lowest BCUT2D eigenvalue weighted by atomic mass is 10.00. The number of para-hydroxylation sites is 3. The van der Waals surface area contributed by atoms with Crippen molar-refractivity contribution in [1.82, 2.24) is 4.57 Å². The monoisotopic (exact) mass is 590 g/mol. The van der Waals surface area contributed by atoms with Crippen LogP contribution >= 0.6 is 0 Å². The number of anilines is 3. The SMILES string of the molecule is Cc1cc(C)cc(-c2cccc(N(c3ccccc3)c3ccc(-c4ccc(-n5c6ccccc6c6ccccc65)cc4)cc3)c2)c1. The van der Waals surface area contributed by atoms with Crippen LogP contribution in [0.2, 0.25) is 0 Å². The van der Waals surface area contributed by atoms with Gasteiger partial charge in [-0.1, -0.05) is 120 Å². The lowest BCUT2D eigenvalue weighted by Gasteiger charge is -2.26. The van der Waals surface area contributed by atoms with Crippen molar-refractivity contribution in [1.29, 1.82) is 0 Å². The van der Waals surface area contributed by atoms with Gasteiger partial charge < -0.3 is 9.47 Å². The maximum absolute atomic E-state index is 2.36. The van der Waals surface area contributed by atoms with Gasteiger partial charge in [-0.05, 0) is 96.8 Å². The van der Waals surface area contributed by atoms with Crippen molar-refractivity contribution < 1.29 is 0 Å². The Morgan fingerprint density at radius 1 is 0.370 bits per heavy atom. The molecule has 0 fully saturated rings.